The molecule has 0 saturated carbocycles. The number of rotatable bonds is 22. The highest BCUT2D eigenvalue weighted by Gasteiger charge is 2.08. The van der Waals surface area contributed by atoms with Gasteiger partial charge in [0.25, 0.3) is 0 Å². The Morgan fingerprint density at radius 2 is 1.18 bits per heavy atom. The smallest absolute Gasteiger partial charge is 0.224 e. The largest absolute Gasteiger partial charge is 0.326 e. The molecule has 0 saturated heterocycles. The van der Waals surface area contributed by atoms with Gasteiger partial charge in [-0.3, -0.25) is 4.79 Å². The molecule has 0 atom stereocenters. The molecule has 0 spiro atoms. The number of thiazole rings is 1. The van der Waals surface area contributed by atoms with Gasteiger partial charge in [0.05, 0.1) is 10.2 Å². The van der Waals surface area contributed by atoms with Gasteiger partial charge in [-0.25, -0.2) is 4.98 Å². The van der Waals surface area contributed by atoms with Crippen LogP contribution in [0.5, 0.6) is 0 Å². The molecule has 2 aromatic carbocycles. The molecule has 3 rings (SSSR count). The Morgan fingerprint density at radius 3 is 1.70 bits per heavy atom. The summed E-state index contributed by atoms with van der Waals surface area (Å²) in [5.74, 6) is 0.121. The molecule has 3 nitrogen and oxygen atoms in total. The van der Waals surface area contributed by atoms with Crippen molar-refractivity contribution < 1.29 is 4.79 Å². The molecule has 0 aliphatic carbocycles. The molecule has 0 aliphatic rings. The zero-order chi connectivity index (χ0) is 28.3. The summed E-state index contributed by atoms with van der Waals surface area (Å²) >= 11 is 1.72. The van der Waals surface area contributed by atoms with Crippen molar-refractivity contribution in [2.75, 3.05) is 5.32 Å². The summed E-state index contributed by atoms with van der Waals surface area (Å²) in [6, 6.07) is 14.5. The lowest BCUT2D eigenvalue weighted by molar-refractivity contribution is -0.116. The molecule has 0 fully saturated rings. The average Bonchev–Trinajstić information content (AvgIpc) is 3.38. The van der Waals surface area contributed by atoms with E-state index in [0.717, 1.165) is 34.6 Å². The van der Waals surface area contributed by atoms with Gasteiger partial charge >= 0.3 is 0 Å². The number of hydrogen-bond acceptors (Lipinski definition) is 3. The van der Waals surface area contributed by atoms with Gasteiger partial charge in [0.1, 0.15) is 5.01 Å². The third-order valence-electron chi connectivity index (χ3n) is 7.97. The van der Waals surface area contributed by atoms with Crippen LogP contribution in [-0.4, -0.2) is 10.9 Å². The molecule has 0 aliphatic heterocycles. The van der Waals surface area contributed by atoms with Gasteiger partial charge < -0.3 is 5.32 Å². The maximum Gasteiger partial charge on any atom is 0.224 e. The number of anilines is 1. The molecular weight excluding hydrogens is 508 g/mol. The minimum absolute atomic E-state index is 0.121. The standard InChI is InChI=1S/C36H54N2OS/c1-3-4-5-6-7-8-9-10-11-12-13-14-15-16-17-18-19-20-21-22-35(39)37-32-26-24-31(25-27-32)36-38-33-28-23-30(2)29-34(33)40-36/h23-29H,3-22H2,1-2H3,(H,37,39). The Morgan fingerprint density at radius 1 is 0.675 bits per heavy atom. The third-order valence-corrected chi connectivity index (χ3v) is 9.03. The minimum atomic E-state index is 0.121. The predicted octanol–water partition coefficient (Wildman–Crippen LogP) is 12.0. The quantitative estimate of drug-likeness (QED) is 0.124. The van der Waals surface area contributed by atoms with Crippen molar-refractivity contribution in [2.24, 2.45) is 0 Å². The van der Waals surface area contributed by atoms with Crippen molar-refractivity contribution in [3.05, 3.63) is 48.0 Å². The zero-order valence-electron chi connectivity index (χ0n) is 25.4. The van der Waals surface area contributed by atoms with Gasteiger partial charge in [-0.15, -0.1) is 11.3 Å². The number of nitrogens with one attached hydrogen (secondary N) is 1. The molecule has 40 heavy (non-hydrogen) atoms. The van der Waals surface area contributed by atoms with Crippen LogP contribution in [-0.2, 0) is 4.79 Å². The van der Waals surface area contributed by atoms with Gasteiger partial charge in [0.2, 0.25) is 5.91 Å². The van der Waals surface area contributed by atoms with Crippen molar-refractivity contribution in [3.8, 4) is 10.6 Å². The van der Waals surface area contributed by atoms with Crippen molar-refractivity contribution >= 4 is 33.1 Å². The Kier molecular flexibility index (Phi) is 16.0. The van der Waals surface area contributed by atoms with Gasteiger partial charge in [-0.05, 0) is 55.3 Å². The van der Waals surface area contributed by atoms with Crippen LogP contribution in [0.2, 0.25) is 0 Å². The lowest BCUT2D eigenvalue weighted by Gasteiger charge is -2.06. The fourth-order valence-electron chi connectivity index (χ4n) is 5.44. The molecule has 3 aromatic rings. The highest BCUT2D eigenvalue weighted by molar-refractivity contribution is 7.21. The first-order valence-electron chi connectivity index (χ1n) is 16.4. The number of carbonyl (C=O) groups excluding carboxylic acids is 1. The fraction of sp³-hybridized carbons (Fsp3) is 0.611. The van der Waals surface area contributed by atoms with E-state index in [-0.39, 0.29) is 5.91 Å². The van der Waals surface area contributed by atoms with Crippen molar-refractivity contribution in [3.63, 3.8) is 0 Å². The fourth-order valence-corrected chi connectivity index (χ4v) is 6.51. The second-order valence-electron chi connectivity index (χ2n) is 11.7. The highest BCUT2D eigenvalue weighted by atomic mass is 32.1. The molecule has 0 bridgehead atoms. The van der Waals surface area contributed by atoms with E-state index >= 15 is 0 Å². The van der Waals surface area contributed by atoms with Crippen molar-refractivity contribution in [1.29, 1.82) is 0 Å². The number of carbonyl (C=O) groups is 1. The summed E-state index contributed by atoms with van der Waals surface area (Å²) < 4.78 is 1.21. The number of aryl methyl sites for hydroxylation is 1. The molecule has 0 unspecified atom stereocenters. The number of fused-ring (bicyclic) bond motifs is 1. The van der Waals surface area contributed by atoms with Gasteiger partial charge in [0, 0.05) is 17.7 Å². The van der Waals surface area contributed by atoms with Crippen LogP contribution >= 0.6 is 11.3 Å². The topological polar surface area (TPSA) is 42.0 Å². The predicted molar refractivity (Wildman–Crippen MR) is 176 cm³/mol. The molecule has 1 heterocycles. The van der Waals surface area contributed by atoms with Crippen LogP contribution in [0.1, 0.15) is 141 Å². The number of amides is 1. The van der Waals surface area contributed by atoms with E-state index < -0.39 is 0 Å². The number of benzene rings is 2. The number of aromatic nitrogens is 1. The highest BCUT2D eigenvalue weighted by Crippen LogP contribution is 2.31. The Hall–Kier alpha value is -2.20. The first-order chi connectivity index (χ1) is 19.7. The van der Waals surface area contributed by atoms with Crippen LogP contribution in [0.4, 0.5) is 5.69 Å². The number of unbranched alkanes of at least 4 members (excludes halogenated alkanes) is 18. The Balaban J connectivity index is 1.12. The summed E-state index contributed by atoms with van der Waals surface area (Å²) in [6.07, 6.45) is 26.6. The minimum Gasteiger partial charge on any atom is -0.326 e. The van der Waals surface area contributed by atoms with Gasteiger partial charge in [-0.1, -0.05) is 129 Å². The van der Waals surface area contributed by atoms with Crippen LogP contribution in [0.3, 0.4) is 0 Å². The average molecular weight is 563 g/mol. The lowest BCUT2D eigenvalue weighted by Crippen LogP contribution is -2.10. The zero-order valence-corrected chi connectivity index (χ0v) is 26.3. The second kappa shape index (κ2) is 19.8. The summed E-state index contributed by atoms with van der Waals surface area (Å²) in [4.78, 5) is 17.1. The van der Waals surface area contributed by atoms with Gasteiger partial charge in [-0.2, -0.15) is 0 Å². The third kappa shape index (κ3) is 13.0. The maximum atomic E-state index is 12.4. The first-order valence-corrected chi connectivity index (χ1v) is 17.2. The summed E-state index contributed by atoms with van der Waals surface area (Å²) in [5, 5.41) is 4.08. The van der Waals surface area contributed by atoms with E-state index in [2.05, 4.69) is 49.5 Å². The summed E-state index contributed by atoms with van der Waals surface area (Å²) in [5.41, 5.74) is 4.26. The van der Waals surface area contributed by atoms with Crippen LogP contribution in [0, 0.1) is 6.92 Å². The van der Waals surface area contributed by atoms with E-state index in [1.165, 1.54) is 119 Å². The van der Waals surface area contributed by atoms with E-state index in [0.29, 0.717) is 6.42 Å². The van der Waals surface area contributed by atoms with E-state index in [4.69, 9.17) is 4.98 Å². The molecule has 1 N–H and O–H groups in total. The second-order valence-corrected chi connectivity index (χ2v) is 12.8. The first kappa shape index (κ1) is 32.3. The Labute approximate surface area is 248 Å². The van der Waals surface area contributed by atoms with E-state index in [1.54, 1.807) is 11.3 Å². The van der Waals surface area contributed by atoms with Gasteiger partial charge in [0.15, 0.2) is 0 Å². The van der Waals surface area contributed by atoms with Crippen molar-refractivity contribution in [1.82, 2.24) is 4.98 Å². The Bertz CT molecular complexity index is 1090. The summed E-state index contributed by atoms with van der Waals surface area (Å²) in [6.45, 7) is 4.40. The van der Waals surface area contributed by atoms with Crippen LogP contribution in [0.15, 0.2) is 42.5 Å². The van der Waals surface area contributed by atoms with Crippen molar-refractivity contribution in [2.45, 2.75) is 142 Å². The normalized spacial score (nSPS) is 11.3. The molecular formula is C36H54N2OS. The van der Waals surface area contributed by atoms with E-state index in [1.807, 2.05) is 12.1 Å². The molecule has 0 radical (unpaired) electrons. The van der Waals surface area contributed by atoms with Crippen LogP contribution < -0.4 is 5.32 Å². The lowest BCUT2D eigenvalue weighted by atomic mass is 10.0. The molecule has 4 heteroatoms. The number of hydrogen-bond donors (Lipinski definition) is 1. The molecule has 1 amide bonds. The maximum absolute atomic E-state index is 12.4. The van der Waals surface area contributed by atoms with E-state index in [9.17, 15) is 4.79 Å². The molecule has 1 aromatic heterocycles. The monoisotopic (exact) mass is 562 g/mol. The van der Waals surface area contributed by atoms with Crippen LogP contribution in [0.25, 0.3) is 20.8 Å². The molecule has 220 valence electrons. The summed E-state index contributed by atoms with van der Waals surface area (Å²) in [7, 11) is 0. The SMILES string of the molecule is CCCCCCCCCCCCCCCCCCCCCC(=O)Nc1ccc(-c2nc3ccc(C)cc3s2)cc1. The number of nitrogens with zero attached hydrogens (tertiary/aromatic N) is 1.